The Bertz CT molecular complexity index is 893. The van der Waals surface area contributed by atoms with Gasteiger partial charge in [-0.1, -0.05) is 0 Å². The third-order valence-electron chi connectivity index (χ3n) is 3.39. The SMILES string of the molecule is C#CCCOc1c(F)c(F)c(-c2c(F)c(F)c(SC)c(F)c2F)c(F)c1F. The second-order valence-corrected chi connectivity index (χ2v) is 5.74. The summed E-state index contributed by atoms with van der Waals surface area (Å²) in [6.07, 6.45) is 5.81. The number of rotatable bonds is 5. The molecule has 10 heteroatoms. The van der Waals surface area contributed by atoms with E-state index in [1.165, 1.54) is 0 Å². The predicted octanol–water partition coefficient (Wildman–Crippen LogP) is 5.59. The topological polar surface area (TPSA) is 9.23 Å². The van der Waals surface area contributed by atoms with Crippen LogP contribution in [-0.2, 0) is 0 Å². The molecule has 0 aliphatic heterocycles. The molecule has 0 aliphatic rings. The van der Waals surface area contributed by atoms with Crippen molar-refractivity contribution in [3.05, 3.63) is 46.5 Å². The van der Waals surface area contributed by atoms with Crippen molar-refractivity contribution in [1.29, 1.82) is 0 Å². The molecule has 0 saturated heterocycles. The summed E-state index contributed by atoms with van der Waals surface area (Å²) in [6, 6.07) is 0. The highest BCUT2D eigenvalue weighted by Crippen LogP contribution is 2.41. The number of hydrogen-bond donors (Lipinski definition) is 0. The summed E-state index contributed by atoms with van der Waals surface area (Å²) >= 11 is 0.281. The van der Waals surface area contributed by atoms with E-state index in [-0.39, 0.29) is 18.2 Å². The first kappa shape index (κ1) is 20.9. The normalized spacial score (nSPS) is 10.8. The minimum Gasteiger partial charge on any atom is -0.486 e. The van der Waals surface area contributed by atoms with E-state index in [0.717, 1.165) is 6.26 Å². The van der Waals surface area contributed by atoms with E-state index >= 15 is 0 Å². The quantitative estimate of drug-likeness (QED) is 0.208. The first-order chi connectivity index (χ1) is 12.7. The van der Waals surface area contributed by atoms with Crippen LogP contribution in [-0.4, -0.2) is 12.9 Å². The molecule has 0 radical (unpaired) electrons. The van der Waals surface area contributed by atoms with Crippen molar-refractivity contribution in [2.24, 2.45) is 0 Å². The summed E-state index contributed by atoms with van der Waals surface area (Å²) in [6.45, 7) is -0.517. The van der Waals surface area contributed by atoms with Crippen LogP contribution in [0.3, 0.4) is 0 Å². The number of terminal acetylenes is 1. The first-order valence-corrected chi connectivity index (χ1v) is 8.23. The van der Waals surface area contributed by atoms with E-state index in [1.54, 1.807) is 0 Å². The van der Waals surface area contributed by atoms with Crippen molar-refractivity contribution in [1.82, 2.24) is 0 Å². The molecule has 1 nitrogen and oxygen atoms in total. The van der Waals surface area contributed by atoms with Crippen LogP contribution in [0.5, 0.6) is 5.75 Å². The molecular weight excluding hydrogens is 404 g/mol. The molecule has 0 aromatic heterocycles. The van der Waals surface area contributed by atoms with Crippen molar-refractivity contribution in [3.8, 4) is 29.2 Å². The van der Waals surface area contributed by atoms with Gasteiger partial charge in [-0.25, -0.2) is 26.3 Å². The van der Waals surface area contributed by atoms with E-state index in [9.17, 15) is 35.1 Å². The van der Waals surface area contributed by atoms with Crippen LogP contribution in [0.1, 0.15) is 6.42 Å². The molecule has 27 heavy (non-hydrogen) atoms. The maximum atomic E-state index is 14.2. The van der Waals surface area contributed by atoms with Gasteiger partial charge in [-0.3, -0.25) is 0 Å². The van der Waals surface area contributed by atoms with Gasteiger partial charge < -0.3 is 4.74 Å². The second-order valence-electron chi connectivity index (χ2n) is 4.93. The molecule has 0 fully saturated rings. The number of hydrogen-bond acceptors (Lipinski definition) is 2. The second kappa shape index (κ2) is 8.08. The Balaban J connectivity index is 2.81. The van der Waals surface area contributed by atoms with Gasteiger partial charge in [0.25, 0.3) is 0 Å². The molecule has 0 N–H and O–H groups in total. The zero-order chi connectivity index (χ0) is 20.5. The van der Waals surface area contributed by atoms with Crippen LogP contribution in [0.4, 0.5) is 35.1 Å². The average Bonchev–Trinajstić information content (AvgIpc) is 2.64. The number of thioether (sulfide) groups is 1. The number of ether oxygens (including phenoxy) is 1. The largest absolute Gasteiger partial charge is 0.486 e. The molecule has 0 unspecified atom stereocenters. The molecule has 0 aliphatic carbocycles. The summed E-state index contributed by atoms with van der Waals surface area (Å²) in [5, 5.41) is 0. The lowest BCUT2D eigenvalue weighted by Gasteiger charge is -2.15. The lowest BCUT2D eigenvalue weighted by molar-refractivity contribution is 0.278. The van der Waals surface area contributed by atoms with Crippen molar-refractivity contribution in [2.75, 3.05) is 12.9 Å². The molecule has 2 aromatic rings. The summed E-state index contributed by atoms with van der Waals surface area (Å²) in [7, 11) is 0. The standard InChI is InChI=1S/C17H8F8OS/c1-3-4-5-26-16-12(22)8(18)6(9(19)13(16)23)7-10(20)14(24)17(27-2)15(25)11(7)21/h1H,4-5H2,2H3. The van der Waals surface area contributed by atoms with Crippen LogP contribution in [0, 0.1) is 58.9 Å². The third-order valence-corrected chi connectivity index (χ3v) is 4.16. The number of halogens is 8. The highest BCUT2D eigenvalue weighted by atomic mass is 32.2. The average molecular weight is 412 g/mol. The van der Waals surface area contributed by atoms with Crippen molar-refractivity contribution in [2.45, 2.75) is 11.3 Å². The minimum atomic E-state index is -2.29. The smallest absolute Gasteiger partial charge is 0.204 e. The van der Waals surface area contributed by atoms with Gasteiger partial charge in [-0.15, -0.1) is 24.1 Å². The molecular formula is C17H8F8OS. The highest BCUT2D eigenvalue weighted by molar-refractivity contribution is 7.98. The molecule has 0 spiro atoms. The maximum Gasteiger partial charge on any atom is 0.204 e. The Kier molecular flexibility index (Phi) is 6.26. The van der Waals surface area contributed by atoms with Gasteiger partial charge in [-0.2, -0.15) is 8.78 Å². The van der Waals surface area contributed by atoms with Gasteiger partial charge in [0.15, 0.2) is 40.7 Å². The van der Waals surface area contributed by atoms with Gasteiger partial charge in [0.05, 0.1) is 22.6 Å². The van der Waals surface area contributed by atoms with E-state index < -0.39 is 74.9 Å². The van der Waals surface area contributed by atoms with Crippen LogP contribution in [0.15, 0.2) is 4.90 Å². The lowest BCUT2D eigenvalue weighted by Crippen LogP contribution is -2.10. The summed E-state index contributed by atoms with van der Waals surface area (Å²) < 4.78 is 117. The van der Waals surface area contributed by atoms with Crippen molar-refractivity contribution in [3.63, 3.8) is 0 Å². The zero-order valence-electron chi connectivity index (χ0n) is 13.3. The van der Waals surface area contributed by atoms with E-state index in [0.29, 0.717) is 0 Å². The van der Waals surface area contributed by atoms with Gasteiger partial charge in [-0.05, 0) is 6.26 Å². The highest BCUT2D eigenvalue weighted by Gasteiger charge is 2.34. The van der Waals surface area contributed by atoms with Gasteiger partial charge in [0.1, 0.15) is 0 Å². The summed E-state index contributed by atoms with van der Waals surface area (Å²) in [5.41, 5.74) is -3.87. The Hall–Kier alpha value is -2.41. The fourth-order valence-corrected chi connectivity index (χ4v) is 2.72. The molecule has 0 atom stereocenters. The van der Waals surface area contributed by atoms with Crippen LogP contribution < -0.4 is 4.74 Å². The van der Waals surface area contributed by atoms with Gasteiger partial charge in [0.2, 0.25) is 11.6 Å². The Labute approximate surface area is 152 Å². The van der Waals surface area contributed by atoms with Crippen molar-refractivity contribution >= 4 is 11.8 Å². The monoisotopic (exact) mass is 412 g/mol. The van der Waals surface area contributed by atoms with Crippen LogP contribution >= 0.6 is 11.8 Å². The summed E-state index contributed by atoms with van der Waals surface area (Å²) in [5.74, 6) is -16.7. The molecule has 0 bridgehead atoms. The van der Waals surface area contributed by atoms with E-state index in [2.05, 4.69) is 4.74 Å². The van der Waals surface area contributed by atoms with Gasteiger partial charge in [0, 0.05) is 6.42 Å². The Morgan fingerprint density at radius 2 is 1.15 bits per heavy atom. The van der Waals surface area contributed by atoms with E-state index in [1.807, 2.05) is 5.92 Å². The van der Waals surface area contributed by atoms with Crippen molar-refractivity contribution < 1.29 is 39.9 Å². The van der Waals surface area contributed by atoms with Crippen LogP contribution in [0.25, 0.3) is 11.1 Å². The summed E-state index contributed by atoms with van der Waals surface area (Å²) in [4.78, 5) is -1.11. The third kappa shape index (κ3) is 3.43. The Morgan fingerprint density at radius 1 is 0.741 bits per heavy atom. The fraction of sp³-hybridized carbons (Fsp3) is 0.176. The zero-order valence-corrected chi connectivity index (χ0v) is 14.1. The molecule has 2 aromatic carbocycles. The molecule has 0 saturated carbocycles. The molecule has 0 amide bonds. The van der Waals surface area contributed by atoms with Crippen LogP contribution in [0.2, 0.25) is 0 Å². The Morgan fingerprint density at radius 3 is 1.52 bits per heavy atom. The fourth-order valence-electron chi connectivity index (χ4n) is 2.18. The van der Waals surface area contributed by atoms with E-state index in [4.69, 9.17) is 6.42 Å². The molecule has 2 rings (SSSR count). The first-order valence-electron chi connectivity index (χ1n) is 7.01. The number of benzene rings is 2. The molecule has 0 heterocycles. The lowest BCUT2D eigenvalue weighted by atomic mass is 10.0. The minimum absolute atomic E-state index is 0.167. The predicted molar refractivity (Wildman–Crippen MR) is 82.3 cm³/mol. The molecule has 144 valence electrons. The maximum absolute atomic E-state index is 14.2. The van der Waals surface area contributed by atoms with Gasteiger partial charge >= 0.3 is 0 Å².